The molecule has 1 saturated carbocycles. The molecule has 6 nitrogen and oxygen atoms in total. The average molecular weight is 398 g/mol. The molecule has 6 heteroatoms. The van der Waals surface area contributed by atoms with Crippen LogP contribution in [0.25, 0.3) is 0 Å². The molecule has 2 fully saturated rings. The Morgan fingerprint density at radius 1 is 1.14 bits per heavy atom. The summed E-state index contributed by atoms with van der Waals surface area (Å²) in [6.07, 6.45) is 10.5. The molecule has 0 aromatic heterocycles. The van der Waals surface area contributed by atoms with E-state index in [2.05, 4.69) is 16.7 Å². The molecule has 1 aliphatic heterocycles. The predicted octanol–water partition coefficient (Wildman–Crippen LogP) is 2.94. The highest BCUT2D eigenvalue weighted by atomic mass is 16.2. The van der Waals surface area contributed by atoms with Crippen molar-refractivity contribution in [3.63, 3.8) is 0 Å². The van der Waals surface area contributed by atoms with Crippen LogP contribution in [-0.2, 0) is 22.4 Å². The van der Waals surface area contributed by atoms with Crippen molar-refractivity contribution < 1.29 is 14.4 Å². The molecule has 1 atom stereocenters. The molecule has 3 aliphatic rings. The standard InChI is InChI=1S/C23H31N3O3/c27-20(24-14-6-9-17-7-2-1-3-8-17)16-26-21(28)23(25-22(26)29)13-12-18-10-4-5-11-19(18)15-23/h4-5,10-11,17H,1-3,6-9,12-16H2,(H,24,27)(H,25,29). The third-order valence-electron chi connectivity index (χ3n) is 6.82. The Balaban J connectivity index is 1.27. The van der Waals surface area contributed by atoms with Gasteiger partial charge in [0.2, 0.25) is 5.91 Å². The SMILES string of the molecule is O=C(CN1C(=O)NC2(CCc3ccccc3C2)C1=O)NCCCC1CCCCC1. The number of urea groups is 1. The van der Waals surface area contributed by atoms with Crippen molar-refractivity contribution in [1.29, 1.82) is 0 Å². The molecule has 2 aliphatic carbocycles. The summed E-state index contributed by atoms with van der Waals surface area (Å²) in [6, 6.07) is 7.58. The zero-order valence-electron chi connectivity index (χ0n) is 17.0. The summed E-state index contributed by atoms with van der Waals surface area (Å²) >= 11 is 0. The highest BCUT2D eigenvalue weighted by Gasteiger charge is 2.52. The summed E-state index contributed by atoms with van der Waals surface area (Å²) in [5.41, 5.74) is 1.43. The van der Waals surface area contributed by atoms with E-state index in [0.29, 0.717) is 19.4 Å². The Bertz CT molecular complexity index is 787. The van der Waals surface area contributed by atoms with Crippen molar-refractivity contribution in [1.82, 2.24) is 15.5 Å². The maximum absolute atomic E-state index is 13.0. The van der Waals surface area contributed by atoms with Gasteiger partial charge in [-0.1, -0.05) is 56.4 Å². The fraction of sp³-hybridized carbons (Fsp3) is 0.609. The summed E-state index contributed by atoms with van der Waals surface area (Å²) < 4.78 is 0. The van der Waals surface area contributed by atoms with Gasteiger partial charge in [-0.25, -0.2) is 4.79 Å². The van der Waals surface area contributed by atoms with Gasteiger partial charge in [0.15, 0.2) is 0 Å². The Morgan fingerprint density at radius 2 is 1.90 bits per heavy atom. The first-order valence-electron chi connectivity index (χ1n) is 11.0. The van der Waals surface area contributed by atoms with Crippen LogP contribution >= 0.6 is 0 Å². The van der Waals surface area contributed by atoms with Gasteiger partial charge in [-0.3, -0.25) is 14.5 Å². The number of benzene rings is 1. The van der Waals surface area contributed by atoms with Crippen molar-refractivity contribution in [2.45, 2.75) is 69.7 Å². The summed E-state index contributed by atoms with van der Waals surface area (Å²) in [4.78, 5) is 38.9. The van der Waals surface area contributed by atoms with Gasteiger partial charge in [0.1, 0.15) is 12.1 Å². The molecule has 1 saturated heterocycles. The molecule has 1 unspecified atom stereocenters. The van der Waals surface area contributed by atoms with Crippen LogP contribution in [-0.4, -0.2) is 41.4 Å². The summed E-state index contributed by atoms with van der Waals surface area (Å²) in [6.45, 7) is 0.412. The lowest BCUT2D eigenvalue weighted by molar-refractivity contribution is -0.135. The van der Waals surface area contributed by atoms with Gasteiger partial charge in [-0.05, 0) is 42.7 Å². The molecule has 0 radical (unpaired) electrons. The van der Waals surface area contributed by atoms with E-state index in [-0.39, 0.29) is 18.4 Å². The van der Waals surface area contributed by atoms with Gasteiger partial charge in [0.25, 0.3) is 5.91 Å². The molecule has 1 aromatic carbocycles. The van der Waals surface area contributed by atoms with Crippen LogP contribution < -0.4 is 10.6 Å². The van der Waals surface area contributed by atoms with Crippen molar-refractivity contribution in [3.05, 3.63) is 35.4 Å². The average Bonchev–Trinajstić information content (AvgIpc) is 2.96. The largest absolute Gasteiger partial charge is 0.355 e. The Hall–Kier alpha value is -2.37. The van der Waals surface area contributed by atoms with Crippen LogP contribution in [0.5, 0.6) is 0 Å². The van der Waals surface area contributed by atoms with Gasteiger partial charge < -0.3 is 10.6 Å². The molecule has 156 valence electrons. The normalized spacial score (nSPS) is 24.5. The first-order chi connectivity index (χ1) is 14.1. The summed E-state index contributed by atoms with van der Waals surface area (Å²) in [5, 5.41) is 5.77. The first kappa shape index (κ1) is 19.9. The van der Waals surface area contributed by atoms with E-state index in [1.165, 1.54) is 37.7 Å². The lowest BCUT2D eigenvalue weighted by atomic mass is 9.78. The minimum Gasteiger partial charge on any atom is -0.355 e. The van der Waals surface area contributed by atoms with Crippen molar-refractivity contribution in [3.8, 4) is 0 Å². The predicted molar refractivity (Wildman–Crippen MR) is 110 cm³/mol. The Labute approximate surface area is 172 Å². The maximum Gasteiger partial charge on any atom is 0.325 e. The highest BCUT2D eigenvalue weighted by Crippen LogP contribution is 2.33. The molecular formula is C23H31N3O3. The number of nitrogens with one attached hydrogen (secondary N) is 2. The molecule has 29 heavy (non-hydrogen) atoms. The van der Waals surface area contributed by atoms with Gasteiger partial charge in [-0.2, -0.15) is 0 Å². The fourth-order valence-corrected chi connectivity index (χ4v) is 5.14. The number of fused-ring (bicyclic) bond motifs is 1. The third-order valence-corrected chi connectivity index (χ3v) is 6.82. The zero-order valence-corrected chi connectivity index (χ0v) is 17.0. The quantitative estimate of drug-likeness (QED) is 0.572. The van der Waals surface area contributed by atoms with Crippen LogP contribution in [0.15, 0.2) is 24.3 Å². The summed E-state index contributed by atoms with van der Waals surface area (Å²) in [7, 11) is 0. The van der Waals surface area contributed by atoms with Gasteiger partial charge in [0.05, 0.1) is 0 Å². The van der Waals surface area contributed by atoms with E-state index in [9.17, 15) is 14.4 Å². The van der Waals surface area contributed by atoms with Gasteiger partial charge in [0, 0.05) is 13.0 Å². The Kier molecular flexibility index (Phi) is 5.88. The molecule has 1 heterocycles. The van der Waals surface area contributed by atoms with E-state index in [0.717, 1.165) is 35.6 Å². The van der Waals surface area contributed by atoms with Crippen LogP contribution in [0.1, 0.15) is 62.5 Å². The number of hydrogen-bond donors (Lipinski definition) is 2. The topological polar surface area (TPSA) is 78.5 Å². The fourth-order valence-electron chi connectivity index (χ4n) is 5.14. The second kappa shape index (κ2) is 8.56. The number of hydrogen-bond acceptors (Lipinski definition) is 3. The van der Waals surface area contributed by atoms with Crippen molar-refractivity contribution in [2.75, 3.05) is 13.1 Å². The first-order valence-corrected chi connectivity index (χ1v) is 11.0. The smallest absolute Gasteiger partial charge is 0.325 e. The minimum atomic E-state index is -0.896. The molecule has 4 amide bonds. The minimum absolute atomic E-state index is 0.197. The number of amides is 4. The number of imide groups is 1. The second-order valence-corrected chi connectivity index (χ2v) is 8.85. The van der Waals surface area contributed by atoms with Crippen molar-refractivity contribution in [2.24, 2.45) is 5.92 Å². The van der Waals surface area contributed by atoms with E-state index >= 15 is 0 Å². The number of aryl methyl sites for hydroxylation is 1. The number of carbonyl (C=O) groups is 3. The van der Waals surface area contributed by atoms with Crippen LogP contribution in [0, 0.1) is 5.92 Å². The second-order valence-electron chi connectivity index (χ2n) is 8.85. The van der Waals surface area contributed by atoms with Crippen LogP contribution in [0.3, 0.4) is 0 Å². The van der Waals surface area contributed by atoms with Crippen LogP contribution in [0.4, 0.5) is 4.79 Å². The van der Waals surface area contributed by atoms with E-state index in [1.54, 1.807) is 0 Å². The highest BCUT2D eigenvalue weighted by molar-refractivity contribution is 6.09. The van der Waals surface area contributed by atoms with Gasteiger partial charge in [-0.15, -0.1) is 0 Å². The number of rotatable bonds is 6. The Morgan fingerprint density at radius 3 is 2.69 bits per heavy atom. The number of carbonyl (C=O) groups excluding carboxylic acids is 3. The third kappa shape index (κ3) is 4.31. The molecule has 1 spiro atoms. The van der Waals surface area contributed by atoms with Gasteiger partial charge >= 0.3 is 6.03 Å². The monoisotopic (exact) mass is 397 g/mol. The summed E-state index contributed by atoms with van der Waals surface area (Å²) in [5.74, 6) is 0.264. The maximum atomic E-state index is 13.0. The lowest BCUT2D eigenvalue weighted by Crippen LogP contribution is -2.51. The molecule has 2 N–H and O–H groups in total. The van der Waals surface area contributed by atoms with E-state index in [1.807, 2.05) is 18.2 Å². The van der Waals surface area contributed by atoms with E-state index in [4.69, 9.17) is 0 Å². The molecule has 1 aromatic rings. The number of nitrogens with zero attached hydrogens (tertiary/aromatic N) is 1. The van der Waals surface area contributed by atoms with Crippen LogP contribution in [0.2, 0.25) is 0 Å². The van der Waals surface area contributed by atoms with Crippen molar-refractivity contribution >= 4 is 17.8 Å². The molecular weight excluding hydrogens is 366 g/mol. The van der Waals surface area contributed by atoms with E-state index < -0.39 is 11.6 Å². The molecule has 0 bridgehead atoms. The zero-order chi connectivity index (χ0) is 20.3. The lowest BCUT2D eigenvalue weighted by Gasteiger charge is -2.32. The molecule has 4 rings (SSSR count).